The van der Waals surface area contributed by atoms with E-state index in [9.17, 15) is 4.79 Å². The Morgan fingerprint density at radius 3 is 1.55 bits per heavy atom. The Kier molecular flexibility index (Phi) is 6.31. The minimum atomic E-state index is 0.0158. The molecule has 0 atom stereocenters. The van der Waals surface area contributed by atoms with Crippen LogP contribution in [0.2, 0.25) is 0 Å². The first-order valence-electron chi connectivity index (χ1n) is 7.70. The first kappa shape index (κ1) is 16.4. The monoisotopic (exact) mass is 298 g/mol. The summed E-state index contributed by atoms with van der Waals surface area (Å²) in [6, 6.07) is 15.1. The van der Waals surface area contributed by atoms with Crippen molar-refractivity contribution in [2.75, 3.05) is 13.2 Å². The highest BCUT2D eigenvalue weighted by Crippen LogP contribution is 2.20. The van der Waals surface area contributed by atoms with Crippen molar-refractivity contribution in [3.05, 3.63) is 70.8 Å². The van der Waals surface area contributed by atoms with Crippen molar-refractivity contribution in [1.29, 1.82) is 0 Å². The molecule has 0 amide bonds. The van der Waals surface area contributed by atoms with Gasteiger partial charge in [-0.3, -0.25) is 4.79 Å². The number of ketones is 1. The quantitative estimate of drug-likeness (QED) is 0.737. The predicted octanol–water partition coefficient (Wildman–Crippen LogP) is 2.77. The molecule has 0 aliphatic heterocycles. The van der Waals surface area contributed by atoms with Crippen molar-refractivity contribution in [3.63, 3.8) is 0 Å². The molecule has 0 saturated carbocycles. The standard InChI is InChI=1S/C19H22O3/c20-13-5-9-15-7-1-3-11-17(15)19(22)18-12-4-2-8-16(18)10-6-14-21/h1-4,7-8,11-12,20-21H,5-6,9-10,13-14H2. The Balaban J connectivity index is 2.32. The zero-order valence-electron chi connectivity index (χ0n) is 12.7. The van der Waals surface area contributed by atoms with Crippen molar-refractivity contribution >= 4 is 5.78 Å². The molecule has 0 radical (unpaired) electrons. The van der Waals surface area contributed by atoms with Crippen LogP contribution >= 0.6 is 0 Å². The maximum Gasteiger partial charge on any atom is 0.193 e. The summed E-state index contributed by atoms with van der Waals surface area (Å²) >= 11 is 0. The largest absolute Gasteiger partial charge is 0.396 e. The molecule has 0 aliphatic carbocycles. The Bertz CT molecular complexity index is 566. The number of aliphatic hydroxyl groups is 2. The molecule has 0 saturated heterocycles. The van der Waals surface area contributed by atoms with E-state index >= 15 is 0 Å². The van der Waals surface area contributed by atoms with E-state index < -0.39 is 0 Å². The van der Waals surface area contributed by atoms with Gasteiger partial charge in [-0.25, -0.2) is 0 Å². The Labute approximate surface area is 131 Å². The van der Waals surface area contributed by atoms with Gasteiger partial charge >= 0.3 is 0 Å². The van der Waals surface area contributed by atoms with Gasteiger partial charge in [0.2, 0.25) is 0 Å². The van der Waals surface area contributed by atoms with Crippen molar-refractivity contribution in [3.8, 4) is 0 Å². The van der Waals surface area contributed by atoms with Crippen LogP contribution in [-0.4, -0.2) is 29.2 Å². The summed E-state index contributed by atoms with van der Waals surface area (Å²) in [5, 5.41) is 18.0. The highest BCUT2D eigenvalue weighted by atomic mass is 16.3. The number of hydrogen-bond donors (Lipinski definition) is 2. The fourth-order valence-corrected chi connectivity index (χ4v) is 2.60. The molecule has 0 aliphatic rings. The molecule has 0 bridgehead atoms. The van der Waals surface area contributed by atoms with Crippen LogP contribution in [0.4, 0.5) is 0 Å². The number of hydrogen-bond acceptors (Lipinski definition) is 3. The Morgan fingerprint density at radius 2 is 1.14 bits per heavy atom. The summed E-state index contributed by atoms with van der Waals surface area (Å²) in [4.78, 5) is 12.9. The van der Waals surface area contributed by atoms with E-state index in [2.05, 4.69) is 0 Å². The van der Waals surface area contributed by atoms with E-state index in [1.165, 1.54) is 0 Å². The minimum Gasteiger partial charge on any atom is -0.396 e. The molecule has 3 nitrogen and oxygen atoms in total. The summed E-state index contributed by atoms with van der Waals surface area (Å²) in [5.74, 6) is 0.0158. The second-order valence-electron chi connectivity index (χ2n) is 5.30. The number of aryl methyl sites for hydroxylation is 2. The van der Waals surface area contributed by atoms with E-state index in [1.54, 1.807) is 0 Å². The fraction of sp³-hybridized carbons (Fsp3) is 0.316. The number of rotatable bonds is 8. The zero-order chi connectivity index (χ0) is 15.8. The maximum atomic E-state index is 12.9. The van der Waals surface area contributed by atoms with Crippen LogP contribution in [0, 0.1) is 0 Å². The number of benzene rings is 2. The lowest BCUT2D eigenvalue weighted by molar-refractivity contribution is 0.103. The van der Waals surface area contributed by atoms with Gasteiger partial charge in [0.15, 0.2) is 5.78 Å². The van der Waals surface area contributed by atoms with E-state index in [0.717, 1.165) is 11.1 Å². The maximum absolute atomic E-state index is 12.9. The van der Waals surface area contributed by atoms with Gasteiger partial charge in [-0.1, -0.05) is 48.5 Å². The molecular weight excluding hydrogens is 276 g/mol. The van der Waals surface area contributed by atoms with Gasteiger partial charge in [0.05, 0.1) is 0 Å². The Morgan fingerprint density at radius 1 is 0.727 bits per heavy atom. The first-order valence-corrected chi connectivity index (χ1v) is 7.70. The summed E-state index contributed by atoms with van der Waals surface area (Å²) in [6.45, 7) is 0.241. The minimum absolute atomic E-state index is 0.0158. The van der Waals surface area contributed by atoms with Crippen molar-refractivity contribution in [2.45, 2.75) is 25.7 Å². The summed E-state index contributed by atoms with van der Waals surface area (Å²) in [6.07, 6.45) is 2.68. The average molecular weight is 298 g/mol. The lowest BCUT2D eigenvalue weighted by Gasteiger charge is -2.11. The lowest BCUT2D eigenvalue weighted by atomic mass is 9.92. The molecule has 2 N–H and O–H groups in total. The molecule has 0 unspecified atom stereocenters. The lowest BCUT2D eigenvalue weighted by Crippen LogP contribution is -2.09. The van der Waals surface area contributed by atoms with Crippen LogP contribution in [0.3, 0.4) is 0 Å². The topological polar surface area (TPSA) is 57.5 Å². The van der Waals surface area contributed by atoms with Crippen LogP contribution in [0.5, 0.6) is 0 Å². The van der Waals surface area contributed by atoms with Crippen molar-refractivity contribution in [2.24, 2.45) is 0 Å². The van der Waals surface area contributed by atoms with Gasteiger partial charge in [0.25, 0.3) is 0 Å². The smallest absolute Gasteiger partial charge is 0.193 e. The van der Waals surface area contributed by atoms with E-state index in [-0.39, 0.29) is 19.0 Å². The second-order valence-corrected chi connectivity index (χ2v) is 5.30. The highest BCUT2D eigenvalue weighted by Gasteiger charge is 2.15. The molecule has 0 fully saturated rings. The van der Waals surface area contributed by atoms with Crippen molar-refractivity contribution < 1.29 is 15.0 Å². The second kappa shape index (κ2) is 8.47. The fourth-order valence-electron chi connectivity index (χ4n) is 2.60. The third-order valence-electron chi connectivity index (χ3n) is 3.73. The molecule has 0 heterocycles. The molecule has 0 aromatic heterocycles. The van der Waals surface area contributed by atoms with Crippen molar-refractivity contribution in [1.82, 2.24) is 0 Å². The summed E-state index contributed by atoms with van der Waals surface area (Å²) < 4.78 is 0. The molecule has 2 aromatic rings. The van der Waals surface area contributed by atoms with Gasteiger partial charge in [-0.2, -0.15) is 0 Å². The normalized spacial score (nSPS) is 10.6. The summed E-state index contributed by atoms with van der Waals surface area (Å²) in [5.41, 5.74) is 3.34. The average Bonchev–Trinajstić information content (AvgIpc) is 2.58. The zero-order valence-corrected chi connectivity index (χ0v) is 12.7. The van der Waals surface area contributed by atoms with Crippen LogP contribution in [0.15, 0.2) is 48.5 Å². The third kappa shape index (κ3) is 4.03. The number of carbonyl (C=O) groups excluding carboxylic acids is 1. The number of aliphatic hydroxyl groups excluding tert-OH is 2. The molecule has 2 aromatic carbocycles. The molecule has 0 spiro atoms. The predicted molar refractivity (Wildman–Crippen MR) is 87.1 cm³/mol. The van der Waals surface area contributed by atoms with Gasteiger partial charge < -0.3 is 10.2 Å². The van der Waals surface area contributed by atoms with Gasteiger partial charge in [-0.15, -0.1) is 0 Å². The first-order chi connectivity index (χ1) is 10.8. The van der Waals surface area contributed by atoms with E-state index in [0.29, 0.717) is 36.8 Å². The third-order valence-corrected chi connectivity index (χ3v) is 3.73. The van der Waals surface area contributed by atoms with Crippen LogP contribution in [0.1, 0.15) is 39.9 Å². The Hall–Kier alpha value is -1.97. The van der Waals surface area contributed by atoms with Crippen LogP contribution < -0.4 is 0 Å². The number of carbonyl (C=O) groups is 1. The van der Waals surface area contributed by atoms with Gasteiger partial charge in [0.1, 0.15) is 0 Å². The van der Waals surface area contributed by atoms with Gasteiger partial charge in [0, 0.05) is 24.3 Å². The van der Waals surface area contributed by atoms with E-state index in [1.807, 2.05) is 48.5 Å². The van der Waals surface area contributed by atoms with Gasteiger partial charge in [-0.05, 0) is 36.8 Å². The molecule has 3 heteroatoms. The summed E-state index contributed by atoms with van der Waals surface area (Å²) in [7, 11) is 0. The SMILES string of the molecule is O=C(c1ccccc1CCCO)c1ccccc1CCCO. The molecule has 22 heavy (non-hydrogen) atoms. The van der Waals surface area contributed by atoms with E-state index in [4.69, 9.17) is 10.2 Å². The molecular formula is C19H22O3. The molecule has 2 rings (SSSR count). The molecule has 116 valence electrons. The van der Waals surface area contributed by atoms with Crippen LogP contribution in [-0.2, 0) is 12.8 Å². The van der Waals surface area contributed by atoms with Crippen LogP contribution in [0.25, 0.3) is 0 Å². The highest BCUT2D eigenvalue weighted by molar-refractivity contribution is 6.10.